The third-order valence-corrected chi connectivity index (χ3v) is 5.40. The Morgan fingerprint density at radius 2 is 1.79 bits per heavy atom. The Morgan fingerprint density at radius 3 is 2.39 bits per heavy atom. The van der Waals surface area contributed by atoms with Crippen LogP contribution in [-0.2, 0) is 14.3 Å². The molecule has 1 aliphatic heterocycles. The number of halogens is 2. The molecule has 0 saturated carbocycles. The molecule has 0 aromatic heterocycles. The first-order chi connectivity index (χ1) is 13.3. The summed E-state index contributed by atoms with van der Waals surface area (Å²) in [4.78, 5) is 26.8. The fraction of sp³-hybridized carbons (Fsp3) is 0.238. The molecule has 28 heavy (non-hydrogen) atoms. The monoisotopic (exact) mass is 419 g/mol. The maximum absolute atomic E-state index is 12.8. The Labute approximate surface area is 173 Å². The van der Waals surface area contributed by atoms with Gasteiger partial charge in [0.25, 0.3) is 11.7 Å². The molecule has 1 amide bonds. The standard InChI is InChI=1S/C21H19Cl2NO4/c1-12-3-5-13(6-4-12)19(25)17-18(14-7-8-15(22)16(23)11-14)24(9-10-28-2)21(27)20(17)26/h3-8,11,18,25H,9-10H2,1-2H3/t18-/m1/s1. The van der Waals surface area contributed by atoms with E-state index in [0.29, 0.717) is 21.2 Å². The van der Waals surface area contributed by atoms with Crippen LogP contribution in [0.4, 0.5) is 0 Å². The number of aryl methyl sites for hydroxylation is 1. The Bertz CT molecular complexity index is 953. The van der Waals surface area contributed by atoms with Gasteiger partial charge in [-0.3, -0.25) is 9.59 Å². The van der Waals surface area contributed by atoms with E-state index < -0.39 is 17.7 Å². The molecule has 146 valence electrons. The number of hydrogen-bond donors (Lipinski definition) is 1. The smallest absolute Gasteiger partial charge is 0.295 e. The van der Waals surface area contributed by atoms with E-state index in [2.05, 4.69) is 0 Å². The van der Waals surface area contributed by atoms with Gasteiger partial charge in [0.1, 0.15) is 5.76 Å². The van der Waals surface area contributed by atoms with Crippen molar-refractivity contribution in [3.63, 3.8) is 0 Å². The number of ketones is 1. The lowest BCUT2D eigenvalue weighted by Crippen LogP contribution is -2.32. The lowest BCUT2D eigenvalue weighted by molar-refractivity contribution is -0.140. The first kappa shape index (κ1) is 20.4. The molecule has 1 aliphatic rings. The number of Topliss-reactive ketones (excluding diaryl/α,β-unsaturated/α-hetero) is 1. The minimum atomic E-state index is -0.786. The highest BCUT2D eigenvalue weighted by Gasteiger charge is 2.45. The molecule has 0 unspecified atom stereocenters. The van der Waals surface area contributed by atoms with Crippen molar-refractivity contribution in [2.75, 3.05) is 20.3 Å². The van der Waals surface area contributed by atoms with Crippen LogP contribution in [0.3, 0.4) is 0 Å². The highest BCUT2D eigenvalue weighted by atomic mass is 35.5. The average molecular weight is 420 g/mol. The van der Waals surface area contributed by atoms with E-state index in [1.54, 1.807) is 30.3 Å². The summed E-state index contributed by atoms with van der Waals surface area (Å²) < 4.78 is 5.08. The largest absolute Gasteiger partial charge is 0.507 e. The van der Waals surface area contributed by atoms with Gasteiger partial charge in [-0.15, -0.1) is 0 Å². The maximum atomic E-state index is 12.8. The third kappa shape index (κ3) is 3.78. The number of aliphatic hydroxyl groups excluding tert-OH is 1. The molecule has 1 fully saturated rings. The summed E-state index contributed by atoms with van der Waals surface area (Å²) in [5.74, 6) is -1.67. The second kappa shape index (κ2) is 8.35. The molecule has 1 heterocycles. The fourth-order valence-electron chi connectivity index (χ4n) is 3.20. The lowest BCUT2D eigenvalue weighted by atomic mass is 9.95. The van der Waals surface area contributed by atoms with Crippen LogP contribution >= 0.6 is 23.2 Å². The molecule has 0 radical (unpaired) electrons. The van der Waals surface area contributed by atoms with Crippen molar-refractivity contribution in [2.24, 2.45) is 0 Å². The summed E-state index contributed by atoms with van der Waals surface area (Å²) in [6.07, 6.45) is 0. The van der Waals surface area contributed by atoms with Crippen LogP contribution in [0.2, 0.25) is 10.0 Å². The zero-order valence-electron chi connectivity index (χ0n) is 15.4. The predicted octanol–water partition coefficient (Wildman–Crippen LogP) is 4.37. The van der Waals surface area contributed by atoms with E-state index in [-0.39, 0.29) is 24.5 Å². The van der Waals surface area contributed by atoms with Crippen LogP contribution in [0, 0.1) is 6.92 Å². The quantitative estimate of drug-likeness (QED) is 0.443. The number of carbonyl (C=O) groups excluding carboxylic acids is 2. The van der Waals surface area contributed by atoms with Gasteiger partial charge >= 0.3 is 0 Å². The number of amides is 1. The van der Waals surface area contributed by atoms with Crippen molar-refractivity contribution in [3.8, 4) is 0 Å². The van der Waals surface area contributed by atoms with Gasteiger partial charge in [0, 0.05) is 19.2 Å². The number of likely N-dealkylation sites (tertiary alicyclic amines) is 1. The molecule has 7 heteroatoms. The predicted molar refractivity (Wildman–Crippen MR) is 109 cm³/mol. The molecule has 0 bridgehead atoms. The summed E-state index contributed by atoms with van der Waals surface area (Å²) in [6, 6.07) is 11.2. The van der Waals surface area contributed by atoms with Gasteiger partial charge in [0.15, 0.2) is 0 Å². The summed E-state index contributed by atoms with van der Waals surface area (Å²) in [7, 11) is 1.51. The second-order valence-corrected chi connectivity index (χ2v) is 7.34. The molecule has 1 atom stereocenters. The van der Waals surface area contributed by atoms with Crippen LogP contribution in [0.1, 0.15) is 22.7 Å². The summed E-state index contributed by atoms with van der Waals surface area (Å²) in [5, 5.41) is 11.5. The molecule has 2 aromatic carbocycles. The number of nitrogens with zero attached hydrogens (tertiary/aromatic N) is 1. The van der Waals surface area contributed by atoms with Crippen molar-refractivity contribution >= 4 is 40.7 Å². The van der Waals surface area contributed by atoms with E-state index in [9.17, 15) is 14.7 Å². The Hall–Kier alpha value is -2.34. The van der Waals surface area contributed by atoms with Crippen LogP contribution in [0.5, 0.6) is 0 Å². The minimum Gasteiger partial charge on any atom is -0.507 e. The van der Waals surface area contributed by atoms with E-state index in [1.165, 1.54) is 12.0 Å². The van der Waals surface area contributed by atoms with Gasteiger partial charge in [-0.05, 0) is 24.6 Å². The SMILES string of the molecule is COCCN1C(=O)C(=O)C(=C(O)c2ccc(C)cc2)[C@H]1c1ccc(Cl)c(Cl)c1. The number of aliphatic hydroxyl groups is 1. The van der Waals surface area contributed by atoms with Gasteiger partial charge in [0.2, 0.25) is 0 Å². The van der Waals surface area contributed by atoms with Crippen molar-refractivity contribution in [3.05, 3.63) is 74.8 Å². The highest BCUT2D eigenvalue weighted by Crippen LogP contribution is 2.40. The van der Waals surface area contributed by atoms with E-state index in [0.717, 1.165) is 5.56 Å². The molecule has 1 saturated heterocycles. The minimum absolute atomic E-state index is 0.0170. The molecular formula is C21H19Cl2NO4. The number of benzene rings is 2. The van der Waals surface area contributed by atoms with Crippen LogP contribution in [0.25, 0.3) is 5.76 Å². The molecule has 0 aliphatic carbocycles. The summed E-state index contributed by atoms with van der Waals surface area (Å²) in [5.41, 5.74) is 2.07. The van der Waals surface area contributed by atoms with Crippen LogP contribution in [0.15, 0.2) is 48.0 Å². The highest BCUT2D eigenvalue weighted by molar-refractivity contribution is 6.46. The molecule has 3 rings (SSSR count). The Kier molecular flexibility index (Phi) is 6.08. The number of carbonyl (C=O) groups is 2. The van der Waals surface area contributed by atoms with Crippen LogP contribution < -0.4 is 0 Å². The van der Waals surface area contributed by atoms with Gasteiger partial charge in [-0.2, -0.15) is 0 Å². The number of hydrogen-bond acceptors (Lipinski definition) is 4. The first-order valence-corrected chi connectivity index (χ1v) is 9.40. The third-order valence-electron chi connectivity index (χ3n) is 4.66. The molecule has 1 N–H and O–H groups in total. The lowest BCUT2D eigenvalue weighted by Gasteiger charge is -2.25. The topological polar surface area (TPSA) is 66.8 Å². The van der Waals surface area contributed by atoms with Crippen molar-refractivity contribution in [2.45, 2.75) is 13.0 Å². The second-order valence-electron chi connectivity index (χ2n) is 6.52. The van der Waals surface area contributed by atoms with Gasteiger partial charge < -0.3 is 14.7 Å². The van der Waals surface area contributed by atoms with Gasteiger partial charge in [0.05, 0.1) is 28.3 Å². The van der Waals surface area contributed by atoms with Crippen molar-refractivity contribution in [1.82, 2.24) is 4.90 Å². The zero-order chi connectivity index (χ0) is 20.4. The molecule has 0 spiro atoms. The molecule has 5 nitrogen and oxygen atoms in total. The van der Waals surface area contributed by atoms with Crippen molar-refractivity contribution in [1.29, 1.82) is 0 Å². The van der Waals surface area contributed by atoms with Gasteiger partial charge in [-0.1, -0.05) is 59.1 Å². The molecule has 2 aromatic rings. The Morgan fingerprint density at radius 1 is 1.11 bits per heavy atom. The number of methoxy groups -OCH3 is 1. The number of ether oxygens (including phenoxy) is 1. The van der Waals surface area contributed by atoms with Crippen molar-refractivity contribution < 1.29 is 19.4 Å². The summed E-state index contributed by atoms with van der Waals surface area (Å²) in [6.45, 7) is 2.36. The van der Waals surface area contributed by atoms with E-state index in [1.807, 2.05) is 19.1 Å². The average Bonchev–Trinajstić information content (AvgIpc) is 2.93. The zero-order valence-corrected chi connectivity index (χ0v) is 16.9. The fourth-order valence-corrected chi connectivity index (χ4v) is 3.50. The van der Waals surface area contributed by atoms with Gasteiger partial charge in [-0.25, -0.2) is 0 Å². The van der Waals surface area contributed by atoms with Crippen LogP contribution in [-0.4, -0.2) is 42.0 Å². The Balaban J connectivity index is 2.17. The summed E-state index contributed by atoms with van der Waals surface area (Å²) >= 11 is 12.2. The molecular weight excluding hydrogens is 401 g/mol. The normalized spacial score (nSPS) is 18.7. The maximum Gasteiger partial charge on any atom is 0.295 e. The number of rotatable bonds is 5. The van der Waals surface area contributed by atoms with E-state index in [4.69, 9.17) is 27.9 Å². The first-order valence-electron chi connectivity index (χ1n) is 8.64. The van der Waals surface area contributed by atoms with E-state index >= 15 is 0 Å².